The Morgan fingerprint density at radius 3 is 2.84 bits per heavy atom. The zero-order valence-corrected chi connectivity index (χ0v) is 11.8. The average molecular weight is 282 g/mol. The van der Waals surface area contributed by atoms with Crippen molar-refractivity contribution in [1.29, 1.82) is 0 Å². The van der Waals surface area contributed by atoms with Crippen LogP contribution in [0.1, 0.15) is 25.5 Å². The van der Waals surface area contributed by atoms with Crippen LogP contribution < -0.4 is 5.32 Å². The van der Waals surface area contributed by atoms with Gasteiger partial charge >= 0.3 is 0 Å². The molecule has 0 radical (unpaired) electrons. The molecule has 0 aliphatic rings. The van der Waals surface area contributed by atoms with Crippen molar-refractivity contribution < 1.29 is 4.39 Å². The summed E-state index contributed by atoms with van der Waals surface area (Å²) in [6.07, 6.45) is 4.04. The third-order valence-electron chi connectivity index (χ3n) is 2.77. The number of unbranched alkanes of at least 4 members (excludes halogenated alkanes) is 1. The Labute approximate surface area is 117 Å². The lowest BCUT2D eigenvalue weighted by atomic mass is 10.3. The molecule has 0 atom stereocenters. The van der Waals surface area contributed by atoms with Gasteiger partial charge in [0.25, 0.3) is 0 Å². The molecule has 19 heavy (non-hydrogen) atoms. The monoisotopic (exact) mass is 281 g/mol. The Morgan fingerprint density at radius 1 is 1.37 bits per heavy atom. The van der Waals surface area contributed by atoms with Gasteiger partial charge in [-0.2, -0.15) is 0 Å². The van der Waals surface area contributed by atoms with E-state index in [1.54, 1.807) is 6.07 Å². The van der Waals surface area contributed by atoms with Gasteiger partial charge in [0, 0.05) is 17.8 Å². The predicted molar refractivity (Wildman–Crippen MR) is 76.7 cm³/mol. The number of hydrogen-bond acceptors (Lipinski definition) is 2. The van der Waals surface area contributed by atoms with Gasteiger partial charge in [-0.05, 0) is 31.5 Å². The second-order valence-electron chi connectivity index (χ2n) is 4.48. The molecule has 1 aromatic heterocycles. The van der Waals surface area contributed by atoms with Gasteiger partial charge in [-0.25, -0.2) is 9.37 Å². The number of hydrogen-bond donors (Lipinski definition) is 1. The van der Waals surface area contributed by atoms with Gasteiger partial charge in [-0.1, -0.05) is 24.9 Å². The summed E-state index contributed by atoms with van der Waals surface area (Å²) in [7, 11) is 0. The predicted octanol–water partition coefficient (Wildman–Crippen LogP) is 4.19. The van der Waals surface area contributed by atoms with E-state index in [9.17, 15) is 4.39 Å². The number of aryl methyl sites for hydroxylation is 1. The van der Waals surface area contributed by atoms with E-state index in [0.29, 0.717) is 16.7 Å². The molecule has 1 heterocycles. The van der Waals surface area contributed by atoms with E-state index in [2.05, 4.69) is 17.2 Å². The van der Waals surface area contributed by atoms with Gasteiger partial charge in [-0.15, -0.1) is 0 Å². The van der Waals surface area contributed by atoms with E-state index in [1.807, 2.05) is 17.7 Å². The van der Waals surface area contributed by atoms with Crippen LogP contribution in [0.15, 0.2) is 24.4 Å². The first-order valence-corrected chi connectivity index (χ1v) is 6.74. The Morgan fingerprint density at radius 2 is 2.16 bits per heavy atom. The van der Waals surface area contributed by atoms with Gasteiger partial charge in [0.15, 0.2) is 0 Å². The number of nitrogens with zero attached hydrogens (tertiary/aromatic N) is 2. The van der Waals surface area contributed by atoms with Gasteiger partial charge in [0.1, 0.15) is 5.82 Å². The summed E-state index contributed by atoms with van der Waals surface area (Å²) in [5, 5.41) is 3.63. The summed E-state index contributed by atoms with van der Waals surface area (Å²) >= 11 is 5.89. The SMILES string of the molecule is CCCCNc1nc(C)cn1-c1cc(F)cc(Cl)c1. The number of imidazole rings is 1. The molecule has 1 N–H and O–H groups in total. The summed E-state index contributed by atoms with van der Waals surface area (Å²) in [6, 6.07) is 4.45. The fourth-order valence-corrected chi connectivity index (χ4v) is 2.09. The maximum absolute atomic E-state index is 13.4. The Bertz CT molecular complexity index is 546. The van der Waals surface area contributed by atoms with Crippen LogP contribution >= 0.6 is 11.6 Å². The zero-order valence-electron chi connectivity index (χ0n) is 11.1. The first kappa shape index (κ1) is 13.9. The quantitative estimate of drug-likeness (QED) is 0.833. The van der Waals surface area contributed by atoms with Crippen molar-refractivity contribution in [2.24, 2.45) is 0 Å². The number of anilines is 1. The highest BCUT2D eigenvalue weighted by Crippen LogP contribution is 2.21. The lowest BCUT2D eigenvalue weighted by Crippen LogP contribution is -2.07. The van der Waals surface area contributed by atoms with E-state index in [0.717, 1.165) is 25.1 Å². The van der Waals surface area contributed by atoms with Gasteiger partial charge < -0.3 is 5.32 Å². The Kier molecular flexibility index (Phi) is 4.43. The average Bonchev–Trinajstić information content (AvgIpc) is 2.70. The largest absolute Gasteiger partial charge is 0.355 e. The van der Waals surface area contributed by atoms with Crippen molar-refractivity contribution in [2.45, 2.75) is 26.7 Å². The summed E-state index contributed by atoms with van der Waals surface area (Å²) in [5.74, 6) is 0.362. The summed E-state index contributed by atoms with van der Waals surface area (Å²) < 4.78 is 15.2. The maximum atomic E-state index is 13.4. The minimum absolute atomic E-state index is 0.353. The normalized spacial score (nSPS) is 10.7. The maximum Gasteiger partial charge on any atom is 0.207 e. The highest BCUT2D eigenvalue weighted by Gasteiger charge is 2.09. The molecule has 0 spiro atoms. The van der Waals surface area contributed by atoms with Crippen LogP contribution in [0.3, 0.4) is 0 Å². The highest BCUT2D eigenvalue weighted by molar-refractivity contribution is 6.30. The van der Waals surface area contributed by atoms with Crippen LogP contribution in [0.2, 0.25) is 5.02 Å². The van der Waals surface area contributed by atoms with Crippen molar-refractivity contribution in [3.63, 3.8) is 0 Å². The molecular weight excluding hydrogens is 265 g/mol. The fourth-order valence-electron chi connectivity index (χ4n) is 1.87. The lowest BCUT2D eigenvalue weighted by molar-refractivity contribution is 0.626. The summed E-state index contributed by atoms with van der Waals surface area (Å²) in [6.45, 7) is 4.88. The van der Waals surface area contributed by atoms with Crippen LogP contribution in [-0.4, -0.2) is 16.1 Å². The van der Waals surface area contributed by atoms with E-state index in [-0.39, 0.29) is 5.82 Å². The van der Waals surface area contributed by atoms with Crippen molar-refractivity contribution in [1.82, 2.24) is 9.55 Å². The number of aromatic nitrogens is 2. The molecule has 0 unspecified atom stereocenters. The summed E-state index contributed by atoms with van der Waals surface area (Å²) in [5.41, 5.74) is 1.55. The molecule has 2 rings (SSSR count). The second kappa shape index (κ2) is 6.06. The second-order valence-corrected chi connectivity index (χ2v) is 4.92. The van der Waals surface area contributed by atoms with Crippen molar-refractivity contribution in [2.75, 3.05) is 11.9 Å². The smallest absolute Gasteiger partial charge is 0.207 e. The summed E-state index contributed by atoms with van der Waals surface area (Å²) in [4.78, 5) is 4.40. The molecule has 102 valence electrons. The highest BCUT2D eigenvalue weighted by atomic mass is 35.5. The topological polar surface area (TPSA) is 29.9 Å². The molecule has 0 aliphatic carbocycles. The van der Waals surface area contributed by atoms with E-state index >= 15 is 0 Å². The van der Waals surface area contributed by atoms with Crippen molar-refractivity contribution in [3.05, 3.63) is 40.9 Å². The molecule has 0 amide bonds. The molecular formula is C14H17ClFN3. The number of rotatable bonds is 5. The van der Waals surface area contributed by atoms with Crippen LogP contribution in [0.4, 0.5) is 10.3 Å². The molecule has 2 aromatic rings. The third-order valence-corrected chi connectivity index (χ3v) is 2.98. The minimum Gasteiger partial charge on any atom is -0.355 e. The number of benzene rings is 1. The molecule has 0 saturated carbocycles. The molecule has 5 heteroatoms. The van der Waals surface area contributed by atoms with Crippen molar-refractivity contribution >= 4 is 17.5 Å². The van der Waals surface area contributed by atoms with E-state index < -0.39 is 0 Å². The molecule has 0 fully saturated rings. The molecule has 3 nitrogen and oxygen atoms in total. The first-order chi connectivity index (χ1) is 9.10. The van der Waals surface area contributed by atoms with Crippen LogP contribution in [0.25, 0.3) is 5.69 Å². The lowest BCUT2D eigenvalue weighted by Gasteiger charge is -2.10. The first-order valence-electron chi connectivity index (χ1n) is 6.36. The van der Waals surface area contributed by atoms with Gasteiger partial charge in [0.05, 0.1) is 11.4 Å². The van der Waals surface area contributed by atoms with Gasteiger partial charge in [-0.3, -0.25) is 4.57 Å². The van der Waals surface area contributed by atoms with E-state index in [4.69, 9.17) is 11.6 Å². The van der Waals surface area contributed by atoms with Crippen LogP contribution in [0.5, 0.6) is 0 Å². The molecule has 1 aromatic carbocycles. The van der Waals surface area contributed by atoms with E-state index in [1.165, 1.54) is 12.1 Å². The number of nitrogens with one attached hydrogen (secondary N) is 1. The number of halogens is 2. The zero-order chi connectivity index (χ0) is 13.8. The van der Waals surface area contributed by atoms with Crippen LogP contribution in [-0.2, 0) is 0 Å². The van der Waals surface area contributed by atoms with Crippen LogP contribution in [0, 0.1) is 12.7 Å². The van der Waals surface area contributed by atoms with Gasteiger partial charge in [0.2, 0.25) is 5.95 Å². The minimum atomic E-state index is -0.353. The standard InChI is InChI=1S/C14H17ClFN3/c1-3-4-5-17-14-18-10(2)9-19(14)13-7-11(15)6-12(16)8-13/h6-9H,3-5H2,1-2H3,(H,17,18). The Hall–Kier alpha value is -1.55. The molecule has 0 aliphatic heterocycles. The molecule has 0 bridgehead atoms. The van der Waals surface area contributed by atoms with Crippen molar-refractivity contribution in [3.8, 4) is 5.69 Å². The Balaban J connectivity index is 2.32. The fraction of sp³-hybridized carbons (Fsp3) is 0.357. The molecule has 0 saturated heterocycles. The third kappa shape index (κ3) is 3.47.